The Labute approximate surface area is 111 Å². The molecule has 5 heteroatoms. The van der Waals surface area contributed by atoms with Crippen LogP contribution in [-0.2, 0) is 0 Å². The summed E-state index contributed by atoms with van der Waals surface area (Å²) in [6.07, 6.45) is 5.01. The maximum absolute atomic E-state index is 11.1. The van der Waals surface area contributed by atoms with Gasteiger partial charge >= 0.3 is 5.97 Å². The van der Waals surface area contributed by atoms with Gasteiger partial charge in [-0.05, 0) is 37.1 Å². The number of anilines is 1. The van der Waals surface area contributed by atoms with Crippen LogP contribution < -0.4 is 5.32 Å². The number of pyridine rings is 1. The number of nitrogens with zero attached hydrogens (tertiary/aromatic N) is 1. The van der Waals surface area contributed by atoms with Crippen LogP contribution in [0.1, 0.15) is 36.5 Å². The van der Waals surface area contributed by atoms with Gasteiger partial charge in [0.05, 0.1) is 0 Å². The van der Waals surface area contributed by atoms with Crippen molar-refractivity contribution >= 4 is 23.5 Å². The molecular formula is C13H18N2O2S. The number of carbonyl (C=O) groups is 1. The Morgan fingerprint density at radius 1 is 1.61 bits per heavy atom. The Bertz CT molecular complexity index is 425. The lowest BCUT2D eigenvalue weighted by Gasteiger charge is -2.15. The van der Waals surface area contributed by atoms with Crippen LogP contribution in [0.2, 0.25) is 0 Å². The zero-order valence-corrected chi connectivity index (χ0v) is 11.2. The molecule has 1 saturated carbocycles. The van der Waals surface area contributed by atoms with Gasteiger partial charge in [0.15, 0.2) is 0 Å². The molecule has 2 unspecified atom stereocenters. The number of hydrogen-bond acceptors (Lipinski definition) is 4. The Morgan fingerprint density at radius 2 is 2.44 bits per heavy atom. The van der Waals surface area contributed by atoms with E-state index in [-0.39, 0.29) is 5.56 Å². The fourth-order valence-corrected chi connectivity index (χ4v) is 3.49. The molecule has 1 aromatic heterocycles. The summed E-state index contributed by atoms with van der Waals surface area (Å²) < 4.78 is 0. The van der Waals surface area contributed by atoms with Crippen LogP contribution in [0.25, 0.3) is 0 Å². The average Bonchev–Trinajstić information content (AvgIpc) is 2.77. The summed E-state index contributed by atoms with van der Waals surface area (Å²) in [5, 5.41) is 13.1. The van der Waals surface area contributed by atoms with Gasteiger partial charge in [-0.1, -0.05) is 6.92 Å². The molecule has 0 aromatic carbocycles. The minimum absolute atomic E-state index is 0.254. The minimum atomic E-state index is -0.928. The zero-order chi connectivity index (χ0) is 13.0. The first-order chi connectivity index (χ1) is 8.70. The van der Waals surface area contributed by atoms with Gasteiger partial charge in [0.2, 0.25) is 0 Å². The first kappa shape index (κ1) is 13.2. The molecule has 98 valence electrons. The van der Waals surface area contributed by atoms with Crippen LogP contribution in [-0.4, -0.2) is 33.1 Å². The van der Waals surface area contributed by atoms with Gasteiger partial charge in [-0.15, -0.1) is 0 Å². The average molecular weight is 266 g/mol. The molecule has 0 amide bonds. The lowest BCUT2D eigenvalue weighted by molar-refractivity contribution is 0.0697. The Kier molecular flexibility index (Phi) is 4.47. The number of rotatable bonds is 5. The molecule has 1 aromatic rings. The quantitative estimate of drug-likeness (QED) is 0.858. The fraction of sp³-hybridized carbons (Fsp3) is 0.538. The van der Waals surface area contributed by atoms with Crippen molar-refractivity contribution in [2.75, 3.05) is 11.1 Å². The molecule has 2 atom stereocenters. The highest BCUT2D eigenvalue weighted by Gasteiger charge is 2.25. The van der Waals surface area contributed by atoms with Crippen LogP contribution in [0.3, 0.4) is 0 Å². The molecule has 1 aliphatic rings. The summed E-state index contributed by atoms with van der Waals surface area (Å²) in [6, 6.07) is 3.59. The third-order valence-corrected chi connectivity index (χ3v) is 4.40. The zero-order valence-electron chi connectivity index (χ0n) is 10.4. The van der Waals surface area contributed by atoms with E-state index >= 15 is 0 Å². The molecule has 0 spiro atoms. The second-order valence-corrected chi connectivity index (χ2v) is 6.01. The molecule has 0 bridgehead atoms. The van der Waals surface area contributed by atoms with E-state index < -0.39 is 5.97 Å². The highest BCUT2D eigenvalue weighted by atomic mass is 32.2. The van der Waals surface area contributed by atoms with Crippen LogP contribution >= 0.6 is 11.8 Å². The van der Waals surface area contributed by atoms with E-state index in [2.05, 4.69) is 17.2 Å². The number of thioether (sulfide) groups is 1. The third kappa shape index (κ3) is 3.16. The highest BCUT2D eigenvalue weighted by Crippen LogP contribution is 2.31. The van der Waals surface area contributed by atoms with Gasteiger partial charge in [-0.25, -0.2) is 9.78 Å². The number of aromatic carboxylic acids is 1. The van der Waals surface area contributed by atoms with Crippen molar-refractivity contribution in [3.05, 3.63) is 23.9 Å². The lowest BCUT2D eigenvalue weighted by Crippen LogP contribution is -2.19. The highest BCUT2D eigenvalue weighted by molar-refractivity contribution is 7.99. The van der Waals surface area contributed by atoms with Crippen molar-refractivity contribution in [3.63, 3.8) is 0 Å². The van der Waals surface area contributed by atoms with Gasteiger partial charge in [0, 0.05) is 17.5 Å². The summed E-state index contributed by atoms with van der Waals surface area (Å²) in [7, 11) is 0. The first-order valence-electron chi connectivity index (χ1n) is 6.27. The Morgan fingerprint density at radius 3 is 3.17 bits per heavy atom. The molecule has 0 radical (unpaired) electrons. The molecule has 2 N–H and O–H groups in total. The predicted molar refractivity (Wildman–Crippen MR) is 74.4 cm³/mol. The molecule has 2 rings (SSSR count). The number of carboxylic acid groups (broad SMARTS) is 1. The van der Waals surface area contributed by atoms with Crippen LogP contribution in [0.15, 0.2) is 18.3 Å². The van der Waals surface area contributed by atoms with Crippen LogP contribution in [0.4, 0.5) is 5.82 Å². The molecule has 1 heterocycles. The largest absolute Gasteiger partial charge is 0.478 e. The number of carboxylic acids is 1. The monoisotopic (exact) mass is 266 g/mol. The number of aromatic nitrogens is 1. The SMILES string of the molecule is CCSC1CCC(Nc2ncccc2C(=O)O)C1. The minimum Gasteiger partial charge on any atom is -0.478 e. The normalized spacial score (nSPS) is 22.9. The van der Waals surface area contributed by atoms with E-state index in [9.17, 15) is 4.79 Å². The van der Waals surface area contributed by atoms with E-state index in [0.29, 0.717) is 17.1 Å². The van der Waals surface area contributed by atoms with Gasteiger partial charge in [0.25, 0.3) is 0 Å². The molecule has 1 fully saturated rings. The fourth-order valence-electron chi connectivity index (χ4n) is 2.34. The van der Waals surface area contributed by atoms with Gasteiger partial charge in [-0.2, -0.15) is 11.8 Å². The molecular weight excluding hydrogens is 248 g/mol. The molecule has 4 nitrogen and oxygen atoms in total. The Hall–Kier alpha value is -1.23. The van der Waals surface area contributed by atoms with Crippen LogP contribution in [0, 0.1) is 0 Å². The van der Waals surface area contributed by atoms with Crippen LogP contribution in [0.5, 0.6) is 0 Å². The van der Waals surface area contributed by atoms with Gasteiger partial charge < -0.3 is 10.4 Å². The second-order valence-electron chi connectivity index (χ2n) is 4.44. The number of nitrogens with one attached hydrogen (secondary N) is 1. The predicted octanol–water partition coefficient (Wildman–Crippen LogP) is 2.87. The summed E-state index contributed by atoms with van der Waals surface area (Å²) in [5.74, 6) is 0.710. The van der Waals surface area contributed by atoms with Crippen molar-refractivity contribution in [2.24, 2.45) is 0 Å². The first-order valence-corrected chi connectivity index (χ1v) is 7.32. The maximum Gasteiger partial charge on any atom is 0.339 e. The number of hydrogen-bond donors (Lipinski definition) is 2. The third-order valence-electron chi connectivity index (χ3n) is 3.17. The Balaban J connectivity index is 2.00. The molecule has 18 heavy (non-hydrogen) atoms. The molecule has 0 aliphatic heterocycles. The van der Waals surface area contributed by atoms with Crippen molar-refractivity contribution in [1.29, 1.82) is 0 Å². The van der Waals surface area contributed by atoms with Crippen molar-refractivity contribution in [2.45, 2.75) is 37.5 Å². The summed E-state index contributed by atoms with van der Waals surface area (Å²) in [5.41, 5.74) is 0.254. The summed E-state index contributed by atoms with van der Waals surface area (Å²) in [4.78, 5) is 15.2. The van der Waals surface area contributed by atoms with Crippen molar-refractivity contribution in [3.8, 4) is 0 Å². The molecule has 1 aliphatic carbocycles. The van der Waals surface area contributed by atoms with Crippen molar-refractivity contribution in [1.82, 2.24) is 4.98 Å². The standard InChI is InChI=1S/C13H18N2O2S/c1-2-18-10-6-5-9(8-10)15-12-11(13(16)17)4-3-7-14-12/h3-4,7,9-10H,2,5-6,8H2,1H3,(H,14,15)(H,16,17). The van der Waals surface area contributed by atoms with Gasteiger partial charge in [-0.3, -0.25) is 0 Å². The van der Waals surface area contributed by atoms with E-state index in [1.54, 1.807) is 18.3 Å². The van der Waals surface area contributed by atoms with E-state index in [1.807, 2.05) is 11.8 Å². The topological polar surface area (TPSA) is 62.2 Å². The summed E-state index contributed by atoms with van der Waals surface area (Å²) >= 11 is 1.99. The lowest BCUT2D eigenvalue weighted by atomic mass is 10.2. The van der Waals surface area contributed by atoms with Gasteiger partial charge in [0.1, 0.15) is 11.4 Å². The molecule has 0 saturated heterocycles. The van der Waals surface area contributed by atoms with E-state index in [4.69, 9.17) is 5.11 Å². The smallest absolute Gasteiger partial charge is 0.339 e. The maximum atomic E-state index is 11.1. The van der Waals surface area contributed by atoms with Crippen molar-refractivity contribution < 1.29 is 9.90 Å². The summed E-state index contributed by atoms with van der Waals surface area (Å²) in [6.45, 7) is 2.17. The van der Waals surface area contributed by atoms with E-state index in [1.165, 1.54) is 6.42 Å². The second kappa shape index (κ2) is 6.09. The van der Waals surface area contributed by atoms with E-state index in [0.717, 1.165) is 18.6 Å².